The molecule has 3 nitrogen and oxygen atoms in total. The summed E-state index contributed by atoms with van der Waals surface area (Å²) < 4.78 is 7.37. The monoisotopic (exact) mass is 212 g/mol. The molecule has 0 saturated heterocycles. The van der Waals surface area contributed by atoms with Gasteiger partial charge in [0.05, 0.1) is 17.5 Å². The molecule has 2 aromatic rings. The first-order valence-corrected chi connectivity index (χ1v) is 5.03. The number of nitrogens with zero attached hydrogens (tertiary/aromatic N) is 2. The summed E-state index contributed by atoms with van der Waals surface area (Å²) in [4.78, 5) is 0. The predicted molar refractivity (Wildman–Crippen MR) is 61.8 cm³/mol. The van der Waals surface area contributed by atoms with Gasteiger partial charge in [0.2, 0.25) is 0 Å². The Kier molecular flexibility index (Phi) is 2.65. The van der Waals surface area contributed by atoms with E-state index in [4.69, 9.17) is 9.68 Å². The zero-order valence-corrected chi connectivity index (χ0v) is 9.10. The number of furan rings is 1. The van der Waals surface area contributed by atoms with Crippen molar-refractivity contribution < 1.29 is 4.42 Å². The second kappa shape index (κ2) is 4.11. The molecule has 3 heteroatoms. The average molecular weight is 212 g/mol. The van der Waals surface area contributed by atoms with Gasteiger partial charge in [-0.25, -0.2) is 0 Å². The Hall–Kier alpha value is -2.21. The zero-order chi connectivity index (χ0) is 11.5. The smallest absolute Gasteiger partial charge is 0.150 e. The molecule has 0 spiro atoms. The Bertz CT molecular complexity index is 541. The van der Waals surface area contributed by atoms with Gasteiger partial charge in [0.25, 0.3) is 0 Å². The largest absolute Gasteiger partial charge is 0.463 e. The lowest BCUT2D eigenvalue weighted by Crippen LogP contribution is -1.99. The molecule has 2 heterocycles. The van der Waals surface area contributed by atoms with E-state index in [1.165, 1.54) is 0 Å². The van der Waals surface area contributed by atoms with Crippen molar-refractivity contribution in [2.45, 2.75) is 13.5 Å². The molecule has 0 amide bonds. The fourth-order valence-corrected chi connectivity index (χ4v) is 1.75. The van der Waals surface area contributed by atoms with Crippen molar-refractivity contribution >= 4 is 0 Å². The highest BCUT2D eigenvalue weighted by Crippen LogP contribution is 2.25. The minimum atomic E-state index is 0.670. The molecule has 0 N–H and O–H groups in total. The molecular weight excluding hydrogens is 200 g/mol. The summed E-state index contributed by atoms with van der Waals surface area (Å²) in [5.74, 6) is 0.770. The minimum absolute atomic E-state index is 0.670. The van der Waals surface area contributed by atoms with Gasteiger partial charge in [-0.15, -0.1) is 6.58 Å². The third kappa shape index (κ3) is 1.55. The summed E-state index contributed by atoms with van der Waals surface area (Å²) >= 11 is 0. The molecule has 16 heavy (non-hydrogen) atoms. The molecule has 0 fully saturated rings. The minimum Gasteiger partial charge on any atom is -0.463 e. The summed E-state index contributed by atoms with van der Waals surface area (Å²) in [5, 5.41) is 9.00. The maximum absolute atomic E-state index is 9.00. The highest BCUT2D eigenvalue weighted by atomic mass is 16.3. The van der Waals surface area contributed by atoms with E-state index in [0.29, 0.717) is 12.1 Å². The first kappa shape index (κ1) is 10.3. The van der Waals surface area contributed by atoms with E-state index in [0.717, 1.165) is 17.1 Å². The number of nitriles is 1. The highest BCUT2D eigenvalue weighted by molar-refractivity contribution is 5.59. The van der Waals surface area contributed by atoms with Crippen LogP contribution in [0.5, 0.6) is 0 Å². The van der Waals surface area contributed by atoms with E-state index in [1.807, 2.05) is 29.7 Å². The quantitative estimate of drug-likeness (QED) is 0.733. The van der Waals surface area contributed by atoms with Crippen LogP contribution in [0.15, 0.2) is 41.5 Å². The lowest BCUT2D eigenvalue weighted by atomic mass is 10.2. The van der Waals surface area contributed by atoms with Gasteiger partial charge in [0.1, 0.15) is 11.8 Å². The summed E-state index contributed by atoms with van der Waals surface area (Å²) in [7, 11) is 0. The Morgan fingerprint density at radius 1 is 1.62 bits per heavy atom. The Morgan fingerprint density at radius 3 is 3.00 bits per heavy atom. The van der Waals surface area contributed by atoms with Gasteiger partial charge < -0.3 is 8.98 Å². The molecule has 0 bridgehead atoms. The van der Waals surface area contributed by atoms with Crippen LogP contribution in [0.2, 0.25) is 0 Å². The van der Waals surface area contributed by atoms with E-state index in [1.54, 1.807) is 12.3 Å². The van der Waals surface area contributed by atoms with Gasteiger partial charge in [0.15, 0.2) is 0 Å². The highest BCUT2D eigenvalue weighted by Gasteiger charge is 2.13. The van der Waals surface area contributed by atoms with E-state index in [9.17, 15) is 0 Å². The standard InChI is InChI=1S/C13H12N2O/c1-3-6-15-10(2)11(9-14)8-12(15)13-5-4-7-16-13/h3-5,7-8H,1,6H2,2H3. The average Bonchev–Trinajstić information content (AvgIpc) is 2.89. The van der Waals surface area contributed by atoms with Crippen molar-refractivity contribution in [3.8, 4) is 17.5 Å². The number of aromatic nitrogens is 1. The third-order valence-corrected chi connectivity index (χ3v) is 2.57. The third-order valence-electron chi connectivity index (χ3n) is 2.57. The number of hydrogen-bond donors (Lipinski definition) is 0. The number of rotatable bonds is 3. The zero-order valence-electron chi connectivity index (χ0n) is 9.10. The molecule has 0 atom stereocenters. The predicted octanol–water partition coefficient (Wildman–Crippen LogP) is 3.11. The first-order valence-electron chi connectivity index (χ1n) is 5.03. The van der Waals surface area contributed by atoms with Crippen LogP contribution >= 0.6 is 0 Å². The van der Waals surface area contributed by atoms with Crippen molar-refractivity contribution in [3.05, 3.63) is 48.4 Å². The summed E-state index contributed by atoms with van der Waals surface area (Å²) in [5.41, 5.74) is 2.53. The van der Waals surface area contributed by atoms with Crippen molar-refractivity contribution in [2.75, 3.05) is 0 Å². The molecule has 0 aliphatic heterocycles. The van der Waals surface area contributed by atoms with Gasteiger partial charge in [-0.1, -0.05) is 6.08 Å². The molecule has 0 unspecified atom stereocenters. The number of hydrogen-bond acceptors (Lipinski definition) is 2. The van der Waals surface area contributed by atoms with Crippen LogP contribution in [0.3, 0.4) is 0 Å². The van der Waals surface area contributed by atoms with Crippen molar-refractivity contribution in [3.63, 3.8) is 0 Å². The maximum atomic E-state index is 9.00. The molecular formula is C13H12N2O. The topological polar surface area (TPSA) is 41.9 Å². The molecule has 2 aromatic heterocycles. The summed E-state index contributed by atoms with van der Waals surface area (Å²) in [6.07, 6.45) is 3.43. The molecule has 0 aliphatic carbocycles. The van der Waals surface area contributed by atoms with Crippen LogP contribution in [0.4, 0.5) is 0 Å². The maximum Gasteiger partial charge on any atom is 0.150 e. The van der Waals surface area contributed by atoms with Gasteiger partial charge in [-0.05, 0) is 25.1 Å². The van der Waals surface area contributed by atoms with Gasteiger partial charge in [-0.2, -0.15) is 5.26 Å². The summed E-state index contributed by atoms with van der Waals surface area (Å²) in [6, 6.07) is 7.74. The van der Waals surface area contributed by atoms with Crippen LogP contribution in [0.1, 0.15) is 11.3 Å². The van der Waals surface area contributed by atoms with E-state index in [2.05, 4.69) is 12.6 Å². The lowest BCUT2D eigenvalue weighted by molar-refractivity contribution is 0.574. The van der Waals surface area contributed by atoms with Crippen molar-refractivity contribution in [1.82, 2.24) is 4.57 Å². The van der Waals surface area contributed by atoms with Gasteiger partial charge in [0, 0.05) is 12.2 Å². The molecule has 0 aliphatic rings. The summed E-state index contributed by atoms with van der Waals surface area (Å²) in [6.45, 7) is 6.32. The lowest BCUT2D eigenvalue weighted by Gasteiger charge is -2.06. The van der Waals surface area contributed by atoms with E-state index >= 15 is 0 Å². The fourth-order valence-electron chi connectivity index (χ4n) is 1.75. The van der Waals surface area contributed by atoms with Crippen LogP contribution in [-0.2, 0) is 6.54 Å². The molecule has 80 valence electrons. The molecule has 0 saturated carbocycles. The SMILES string of the molecule is C=CCn1c(-c2ccco2)cc(C#N)c1C. The van der Waals surface area contributed by atoms with Crippen LogP contribution in [0, 0.1) is 18.3 Å². The second-order valence-corrected chi connectivity index (χ2v) is 3.52. The fraction of sp³-hybridized carbons (Fsp3) is 0.154. The molecule has 0 radical (unpaired) electrons. The van der Waals surface area contributed by atoms with Gasteiger partial charge in [-0.3, -0.25) is 0 Å². The van der Waals surface area contributed by atoms with E-state index in [-0.39, 0.29) is 0 Å². The van der Waals surface area contributed by atoms with Crippen molar-refractivity contribution in [2.24, 2.45) is 0 Å². The van der Waals surface area contributed by atoms with Crippen molar-refractivity contribution in [1.29, 1.82) is 5.26 Å². The van der Waals surface area contributed by atoms with Crippen LogP contribution in [-0.4, -0.2) is 4.57 Å². The number of allylic oxidation sites excluding steroid dienone is 1. The first-order chi connectivity index (χ1) is 7.77. The Labute approximate surface area is 94.2 Å². The van der Waals surface area contributed by atoms with Crippen LogP contribution in [0.25, 0.3) is 11.5 Å². The normalized spacial score (nSPS) is 10.0. The van der Waals surface area contributed by atoms with E-state index < -0.39 is 0 Å². The van der Waals surface area contributed by atoms with Crippen LogP contribution < -0.4 is 0 Å². The Balaban J connectivity index is 2.61. The molecule has 2 rings (SSSR count). The molecule has 0 aromatic carbocycles. The Morgan fingerprint density at radius 2 is 2.44 bits per heavy atom. The second-order valence-electron chi connectivity index (χ2n) is 3.52. The van der Waals surface area contributed by atoms with Gasteiger partial charge >= 0.3 is 0 Å².